The number of carbonyl (C=O) groups is 2. The van der Waals surface area contributed by atoms with Crippen LogP contribution in [0.3, 0.4) is 0 Å². The number of rotatable bonds is 9. The number of hydrogen-bond acceptors (Lipinski definition) is 6. The molecule has 0 bridgehead atoms. The molecule has 168 valence electrons. The van der Waals surface area contributed by atoms with E-state index in [9.17, 15) is 14.7 Å². The summed E-state index contributed by atoms with van der Waals surface area (Å²) in [6.07, 6.45) is 4.38. The number of aliphatic carboxylic acids is 1. The number of H-pyrrole nitrogens is 1. The lowest BCUT2D eigenvalue weighted by atomic mass is 9.66. The van der Waals surface area contributed by atoms with Gasteiger partial charge in [-0.05, 0) is 49.6 Å². The second-order valence-corrected chi connectivity index (χ2v) is 8.66. The van der Waals surface area contributed by atoms with Gasteiger partial charge < -0.3 is 36.9 Å². The van der Waals surface area contributed by atoms with Gasteiger partial charge in [-0.3, -0.25) is 9.59 Å². The van der Waals surface area contributed by atoms with Gasteiger partial charge in [0.05, 0.1) is 6.04 Å². The van der Waals surface area contributed by atoms with E-state index in [1.807, 2.05) is 30.5 Å². The minimum absolute atomic E-state index is 0.000944. The van der Waals surface area contributed by atoms with Gasteiger partial charge in [-0.1, -0.05) is 24.6 Å². The largest absolute Gasteiger partial charge is 0.480 e. The number of nitrogens with two attached hydrogens (primary N) is 2. The molecule has 3 rings (SSSR count). The molecule has 1 saturated carbocycles. The first-order valence-electron chi connectivity index (χ1n) is 10.7. The lowest BCUT2D eigenvalue weighted by Crippen LogP contribution is -2.60. The highest BCUT2D eigenvalue weighted by atomic mass is 16.4. The molecular formula is C21H31BN4O5. The third-order valence-corrected chi connectivity index (χ3v) is 6.48. The summed E-state index contributed by atoms with van der Waals surface area (Å²) < 4.78 is 0. The normalized spacial score (nSPS) is 24.6. The zero-order chi connectivity index (χ0) is 22.6. The Kier molecular flexibility index (Phi) is 7.37. The fourth-order valence-electron chi connectivity index (χ4n) is 4.60. The van der Waals surface area contributed by atoms with E-state index in [0.29, 0.717) is 19.3 Å². The van der Waals surface area contributed by atoms with Crippen LogP contribution in [0.4, 0.5) is 0 Å². The second kappa shape index (κ2) is 9.82. The van der Waals surface area contributed by atoms with E-state index in [0.717, 1.165) is 22.9 Å². The van der Waals surface area contributed by atoms with Crippen molar-refractivity contribution in [1.29, 1.82) is 0 Å². The SMILES string of the molecule is N[C@@H](Cc1c[nH]c2ccccc12)C(=O)NC[C@@H]1CC[C@@H](CCB(O)O)C[C@]1(N)C(=O)O. The molecule has 1 aromatic carbocycles. The molecule has 9 N–H and O–H groups in total. The average Bonchev–Trinajstić information content (AvgIpc) is 3.14. The summed E-state index contributed by atoms with van der Waals surface area (Å²) in [6.45, 7) is 0.137. The number of benzene rings is 1. The fourth-order valence-corrected chi connectivity index (χ4v) is 4.60. The molecule has 0 saturated heterocycles. The Morgan fingerprint density at radius 1 is 1.29 bits per heavy atom. The lowest BCUT2D eigenvalue weighted by Gasteiger charge is -2.41. The maximum Gasteiger partial charge on any atom is 0.451 e. The number of aromatic nitrogens is 1. The number of carboxylic acid groups (broad SMARTS) is 1. The molecule has 1 aliphatic rings. The number of carboxylic acids is 1. The molecule has 1 aromatic heterocycles. The highest BCUT2D eigenvalue weighted by molar-refractivity contribution is 6.40. The van der Waals surface area contributed by atoms with Crippen LogP contribution in [0, 0.1) is 11.8 Å². The predicted molar refractivity (Wildman–Crippen MR) is 118 cm³/mol. The Balaban J connectivity index is 1.57. The fraction of sp³-hybridized carbons (Fsp3) is 0.524. The van der Waals surface area contributed by atoms with Gasteiger partial charge in [0, 0.05) is 29.6 Å². The molecule has 1 aliphatic carbocycles. The number of hydrogen-bond donors (Lipinski definition) is 7. The molecule has 9 nitrogen and oxygen atoms in total. The van der Waals surface area contributed by atoms with Crippen LogP contribution in [0.1, 0.15) is 31.2 Å². The van der Waals surface area contributed by atoms with E-state index in [2.05, 4.69) is 10.3 Å². The monoisotopic (exact) mass is 430 g/mol. The van der Waals surface area contributed by atoms with E-state index in [4.69, 9.17) is 21.5 Å². The quantitative estimate of drug-likeness (QED) is 0.278. The van der Waals surface area contributed by atoms with Crippen molar-refractivity contribution in [2.75, 3.05) is 6.54 Å². The topological polar surface area (TPSA) is 175 Å². The molecule has 2 aromatic rings. The Morgan fingerprint density at radius 2 is 2.03 bits per heavy atom. The highest BCUT2D eigenvalue weighted by Crippen LogP contribution is 2.38. The summed E-state index contributed by atoms with van der Waals surface area (Å²) in [5, 5.41) is 31.7. The van der Waals surface area contributed by atoms with Crippen molar-refractivity contribution in [3.8, 4) is 0 Å². The van der Waals surface area contributed by atoms with Crippen molar-refractivity contribution in [2.45, 2.75) is 50.0 Å². The summed E-state index contributed by atoms with van der Waals surface area (Å²) in [5.74, 6) is -1.88. The van der Waals surface area contributed by atoms with Crippen molar-refractivity contribution >= 4 is 29.9 Å². The van der Waals surface area contributed by atoms with Gasteiger partial charge >= 0.3 is 13.1 Å². The number of nitrogens with one attached hydrogen (secondary N) is 2. The van der Waals surface area contributed by atoms with Crippen molar-refractivity contribution in [3.05, 3.63) is 36.0 Å². The van der Waals surface area contributed by atoms with Crippen LogP contribution in [0.15, 0.2) is 30.5 Å². The van der Waals surface area contributed by atoms with Crippen LogP contribution in [-0.2, 0) is 16.0 Å². The predicted octanol–water partition coefficient (Wildman–Crippen LogP) is 0.215. The lowest BCUT2D eigenvalue weighted by molar-refractivity contribution is -0.148. The molecule has 31 heavy (non-hydrogen) atoms. The summed E-state index contributed by atoms with van der Waals surface area (Å²) in [5.41, 5.74) is 12.8. The molecule has 4 atom stereocenters. The average molecular weight is 430 g/mol. The Morgan fingerprint density at radius 3 is 2.74 bits per heavy atom. The Bertz CT molecular complexity index is 920. The first kappa shape index (κ1) is 23.3. The number of carbonyl (C=O) groups excluding carboxylic acids is 1. The summed E-state index contributed by atoms with van der Waals surface area (Å²) in [6, 6.07) is 7.01. The van der Waals surface area contributed by atoms with Crippen LogP contribution < -0.4 is 16.8 Å². The minimum atomic E-state index is -1.47. The third kappa shape index (κ3) is 5.45. The number of aromatic amines is 1. The first-order chi connectivity index (χ1) is 14.7. The molecule has 0 spiro atoms. The smallest absolute Gasteiger partial charge is 0.451 e. The van der Waals surface area contributed by atoms with E-state index >= 15 is 0 Å². The molecular weight excluding hydrogens is 399 g/mol. The van der Waals surface area contributed by atoms with Crippen molar-refractivity contribution < 1.29 is 24.7 Å². The van der Waals surface area contributed by atoms with Gasteiger partial charge in [0.2, 0.25) is 5.91 Å². The van der Waals surface area contributed by atoms with E-state index in [-0.39, 0.29) is 31.1 Å². The molecule has 0 radical (unpaired) electrons. The molecule has 1 amide bonds. The Labute approximate surface area is 181 Å². The van der Waals surface area contributed by atoms with Crippen molar-refractivity contribution in [3.63, 3.8) is 0 Å². The maximum absolute atomic E-state index is 12.6. The van der Waals surface area contributed by atoms with E-state index in [1.165, 1.54) is 0 Å². The van der Waals surface area contributed by atoms with Gasteiger partial charge in [0.25, 0.3) is 0 Å². The van der Waals surface area contributed by atoms with Crippen LogP contribution in [-0.4, -0.2) is 57.3 Å². The molecule has 0 aliphatic heterocycles. The zero-order valence-electron chi connectivity index (χ0n) is 17.5. The van der Waals surface area contributed by atoms with Crippen LogP contribution in [0.2, 0.25) is 6.32 Å². The zero-order valence-corrected chi connectivity index (χ0v) is 17.5. The van der Waals surface area contributed by atoms with E-state index < -0.39 is 30.6 Å². The van der Waals surface area contributed by atoms with E-state index in [1.54, 1.807) is 0 Å². The van der Waals surface area contributed by atoms with Gasteiger partial charge in [-0.25, -0.2) is 0 Å². The first-order valence-corrected chi connectivity index (χ1v) is 10.7. The molecule has 10 heteroatoms. The van der Waals surface area contributed by atoms with Gasteiger partial charge in [-0.15, -0.1) is 0 Å². The summed E-state index contributed by atoms with van der Waals surface area (Å²) in [7, 11) is -1.41. The van der Waals surface area contributed by atoms with Crippen LogP contribution in [0.5, 0.6) is 0 Å². The van der Waals surface area contributed by atoms with Crippen molar-refractivity contribution in [1.82, 2.24) is 10.3 Å². The number of amides is 1. The minimum Gasteiger partial charge on any atom is -0.480 e. The van der Waals surface area contributed by atoms with Gasteiger partial charge in [0.15, 0.2) is 0 Å². The Hall–Kier alpha value is -2.40. The van der Waals surface area contributed by atoms with Crippen molar-refractivity contribution in [2.24, 2.45) is 23.3 Å². The third-order valence-electron chi connectivity index (χ3n) is 6.48. The number of para-hydroxylation sites is 1. The maximum atomic E-state index is 12.6. The van der Waals surface area contributed by atoms with Crippen LogP contribution in [0.25, 0.3) is 10.9 Å². The number of fused-ring (bicyclic) bond motifs is 1. The summed E-state index contributed by atoms with van der Waals surface area (Å²) in [4.78, 5) is 27.7. The highest BCUT2D eigenvalue weighted by Gasteiger charge is 2.47. The summed E-state index contributed by atoms with van der Waals surface area (Å²) >= 11 is 0. The van der Waals surface area contributed by atoms with Gasteiger partial charge in [-0.2, -0.15) is 0 Å². The molecule has 0 unspecified atom stereocenters. The van der Waals surface area contributed by atoms with Crippen LogP contribution >= 0.6 is 0 Å². The molecule has 1 heterocycles. The molecule has 1 fully saturated rings. The second-order valence-electron chi connectivity index (χ2n) is 8.66. The standard InChI is InChI=1S/C21H31BN4O5/c23-17(9-14-11-25-18-4-2-1-3-16(14)18)19(27)26-12-15-6-5-13(7-8-22(30)31)10-21(15,24)20(28)29/h1-4,11,13,15,17,25,30-31H,5-10,12,23-24H2,(H,26,27)(H,28,29)/t13-,15-,17-,21+/m0/s1. The van der Waals surface area contributed by atoms with Gasteiger partial charge in [0.1, 0.15) is 5.54 Å².